The number of carbonyl (C=O) groups excluding carboxylic acids is 1. The molecule has 1 aromatic carbocycles. The Labute approximate surface area is 139 Å². The molecule has 0 unspecified atom stereocenters. The van der Waals surface area contributed by atoms with Crippen molar-refractivity contribution >= 4 is 16.9 Å². The standard InChI is InChI=1S/C17H19N5O2/c1-2-22-7-6-18-16(22)15-13(5-8-24-15)21-17(23)11-3-4-12-14(9-11)20-10-19-12/h3-4,6-7,9-10,13,15H,2,5,8H2,1H3,(H,19,20)(H,21,23)/t13-,15-/m0/s1. The normalized spacial score (nSPS) is 20.5. The summed E-state index contributed by atoms with van der Waals surface area (Å²) in [5.74, 6) is 0.755. The molecule has 7 nitrogen and oxygen atoms in total. The van der Waals surface area contributed by atoms with Gasteiger partial charge in [0.2, 0.25) is 0 Å². The van der Waals surface area contributed by atoms with Crippen LogP contribution in [0.3, 0.4) is 0 Å². The van der Waals surface area contributed by atoms with Crippen LogP contribution in [0, 0.1) is 0 Å². The number of amides is 1. The molecular formula is C17H19N5O2. The Bertz CT molecular complexity index is 869. The molecule has 2 atom stereocenters. The van der Waals surface area contributed by atoms with Crippen LogP contribution in [0.25, 0.3) is 11.0 Å². The molecular weight excluding hydrogens is 306 g/mol. The number of aromatic amines is 1. The number of rotatable bonds is 4. The van der Waals surface area contributed by atoms with Crippen molar-refractivity contribution in [2.24, 2.45) is 0 Å². The first-order valence-corrected chi connectivity index (χ1v) is 8.13. The van der Waals surface area contributed by atoms with Crippen molar-refractivity contribution in [1.82, 2.24) is 24.8 Å². The maximum Gasteiger partial charge on any atom is 0.251 e. The summed E-state index contributed by atoms with van der Waals surface area (Å²) < 4.78 is 7.88. The molecule has 3 heterocycles. The van der Waals surface area contributed by atoms with Crippen LogP contribution in [0.5, 0.6) is 0 Å². The van der Waals surface area contributed by atoms with Crippen molar-refractivity contribution in [2.45, 2.75) is 32.0 Å². The summed E-state index contributed by atoms with van der Waals surface area (Å²) in [6.45, 7) is 3.51. The summed E-state index contributed by atoms with van der Waals surface area (Å²) in [7, 11) is 0. The zero-order valence-corrected chi connectivity index (χ0v) is 13.4. The zero-order valence-electron chi connectivity index (χ0n) is 13.4. The van der Waals surface area contributed by atoms with Gasteiger partial charge in [0.05, 0.1) is 23.4 Å². The van der Waals surface area contributed by atoms with Gasteiger partial charge in [0.15, 0.2) is 0 Å². The average Bonchev–Trinajstić information content (AvgIpc) is 3.33. The zero-order chi connectivity index (χ0) is 16.5. The third-order valence-corrected chi connectivity index (χ3v) is 4.43. The van der Waals surface area contributed by atoms with E-state index in [-0.39, 0.29) is 18.1 Å². The van der Waals surface area contributed by atoms with Crippen molar-refractivity contribution < 1.29 is 9.53 Å². The third-order valence-electron chi connectivity index (χ3n) is 4.43. The minimum Gasteiger partial charge on any atom is -0.368 e. The predicted molar refractivity (Wildman–Crippen MR) is 88.6 cm³/mol. The lowest BCUT2D eigenvalue weighted by atomic mass is 10.1. The average molecular weight is 325 g/mol. The van der Waals surface area contributed by atoms with E-state index in [1.807, 2.05) is 22.9 Å². The van der Waals surface area contributed by atoms with Crippen molar-refractivity contribution in [1.29, 1.82) is 0 Å². The lowest BCUT2D eigenvalue weighted by molar-refractivity contribution is 0.0775. The maximum atomic E-state index is 12.6. The largest absolute Gasteiger partial charge is 0.368 e. The molecule has 1 fully saturated rings. The number of ether oxygens (including phenoxy) is 1. The number of H-pyrrole nitrogens is 1. The number of fused-ring (bicyclic) bond motifs is 1. The summed E-state index contributed by atoms with van der Waals surface area (Å²) in [6, 6.07) is 5.36. The number of hydrogen-bond acceptors (Lipinski definition) is 4. The van der Waals surface area contributed by atoms with Gasteiger partial charge in [-0.15, -0.1) is 0 Å². The molecule has 7 heteroatoms. The van der Waals surface area contributed by atoms with Gasteiger partial charge in [0.25, 0.3) is 5.91 Å². The Morgan fingerprint density at radius 1 is 1.46 bits per heavy atom. The molecule has 0 radical (unpaired) electrons. The summed E-state index contributed by atoms with van der Waals surface area (Å²) in [6.07, 6.45) is 5.89. The van der Waals surface area contributed by atoms with E-state index in [4.69, 9.17) is 4.74 Å². The van der Waals surface area contributed by atoms with Crippen LogP contribution < -0.4 is 5.32 Å². The fourth-order valence-electron chi connectivity index (χ4n) is 3.17. The number of nitrogens with one attached hydrogen (secondary N) is 2. The Morgan fingerprint density at radius 3 is 3.25 bits per heavy atom. The van der Waals surface area contributed by atoms with Gasteiger partial charge < -0.3 is 19.6 Å². The van der Waals surface area contributed by atoms with E-state index >= 15 is 0 Å². The maximum absolute atomic E-state index is 12.6. The van der Waals surface area contributed by atoms with Crippen molar-refractivity contribution in [3.63, 3.8) is 0 Å². The fourth-order valence-corrected chi connectivity index (χ4v) is 3.17. The van der Waals surface area contributed by atoms with Gasteiger partial charge in [0, 0.05) is 31.1 Å². The van der Waals surface area contributed by atoms with Crippen LogP contribution in [0.1, 0.15) is 35.6 Å². The van der Waals surface area contributed by atoms with E-state index in [9.17, 15) is 4.79 Å². The predicted octanol–water partition coefficient (Wildman–Crippen LogP) is 2.04. The van der Waals surface area contributed by atoms with Gasteiger partial charge >= 0.3 is 0 Å². The molecule has 24 heavy (non-hydrogen) atoms. The second-order valence-electron chi connectivity index (χ2n) is 5.87. The SMILES string of the molecule is CCn1ccnc1[C@H]1OCC[C@@H]1NC(=O)c1ccc2nc[nH]c2c1. The van der Waals surface area contributed by atoms with Crippen LogP contribution >= 0.6 is 0 Å². The van der Waals surface area contributed by atoms with Crippen LogP contribution in [0.2, 0.25) is 0 Å². The summed E-state index contributed by atoms with van der Waals surface area (Å²) in [5, 5.41) is 3.09. The fraction of sp³-hybridized carbons (Fsp3) is 0.353. The molecule has 1 aliphatic rings. The third kappa shape index (κ3) is 2.56. The molecule has 2 N–H and O–H groups in total. The first kappa shape index (κ1) is 14.9. The Hall–Kier alpha value is -2.67. The van der Waals surface area contributed by atoms with E-state index in [0.717, 1.165) is 29.8 Å². The summed E-state index contributed by atoms with van der Waals surface area (Å²) in [4.78, 5) is 24.2. The minimum absolute atomic E-state index is 0.0809. The molecule has 0 aliphatic carbocycles. The van der Waals surface area contributed by atoms with Crippen LogP contribution in [0.4, 0.5) is 0 Å². The van der Waals surface area contributed by atoms with E-state index in [2.05, 4.69) is 27.2 Å². The van der Waals surface area contributed by atoms with E-state index < -0.39 is 0 Å². The van der Waals surface area contributed by atoms with Gasteiger partial charge in [-0.2, -0.15) is 0 Å². The number of imidazole rings is 2. The number of benzene rings is 1. The first-order chi connectivity index (χ1) is 11.8. The van der Waals surface area contributed by atoms with Crippen molar-refractivity contribution in [2.75, 3.05) is 6.61 Å². The van der Waals surface area contributed by atoms with E-state index in [0.29, 0.717) is 12.2 Å². The molecule has 3 aromatic rings. The monoisotopic (exact) mass is 325 g/mol. The molecule has 1 saturated heterocycles. The van der Waals surface area contributed by atoms with E-state index in [1.54, 1.807) is 18.6 Å². The van der Waals surface area contributed by atoms with Crippen LogP contribution in [-0.4, -0.2) is 38.1 Å². The lowest BCUT2D eigenvalue weighted by Gasteiger charge is -2.20. The summed E-state index contributed by atoms with van der Waals surface area (Å²) in [5.41, 5.74) is 2.30. The molecule has 4 rings (SSSR count). The molecule has 124 valence electrons. The Morgan fingerprint density at radius 2 is 2.38 bits per heavy atom. The lowest BCUT2D eigenvalue weighted by Crippen LogP contribution is -2.37. The smallest absolute Gasteiger partial charge is 0.251 e. The van der Waals surface area contributed by atoms with E-state index in [1.165, 1.54) is 0 Å². The molecule has 1 amide bonds. The van der Waals surface area contributed by atoms with Gasteiger partial charge in [-0.3, -0.25) is 4.79 Å². The number of nitrogens with zero attached hydrogens (tertiary/aromatic N) is 3. The highest BCUT2D eigenvalue weighted by molar-refractivity contribution is 5.97. The van der Waals surface area contributed by atoms with Crippen molar-refractivity contribution in [3.05, 3.63) is 48.3 Å². The van der Waals surface area contributed by atoms with Gasteiger partial charge in [0.1, 0.15) is 11.9 Å². The molecule has 2 aromatic heterocycles. The highest BCUT2D eigenvalue weighted by Gasteiger charge is 2.34. The van der Waals surface area contributed by atoms with Gasteiger partial charge in [-0.05, 0) is 31.5 Å². The van der Waals surface area contributed by atoms with Crippen LogP contribution in [-0.2, 0) is 11.3 Å². The topological polar surface area (TPSA) is 84.8 Å². The highest BCUT2D eigenvalue weighted by Crippen LogP contribution is 2.28. The summed E-state index contributed by atoms with van der Waals surface area (Å²) >= 11 is 0. The molecule has 0 bridgehead atoms. The number of aryl methyl sites for hydroxylation is 1. The minimum atomic E-state index is -0.209. The molecule has 1 aliphatic heterocycles. The van der Waals surface area contributed by atoms with Gasteiger partial charge in [-0.25, -0.2) is 9.97 Å². The Balaban J connectivity index is 1.54. The number of hydrogen-bond donors (Lipinski definition) is 2. The quantitative estimate of drug-likeness (QED) is 0.769. The second kappa shape index (κ2) is 6.09. The number of aromatic nitrogens is 4. The van der Waals surface area contributed by atoms with Crippen molar-refractivity contribution in [3.8, 4) is 0 Å². The molecule has 0 saturated carbocycles. The van der Waals surface area contributed by atoms with Gasteiger partial charge in [-0.1, -0.05) is 0 Å². The highest BCUT2D eigenvalue weighted by atomic mass is 16.5. The second-order valence-corrected chi connectivity index (χ2v) is 5.87. The van der Waals surface area contributed by atoms with Crippen LogP contribution in [0.15, 0.2) is 36.9 Å². The molecule has 0 spiro atoms. The number of carbonyl (C=O) groups is 1. The Kier molecular flexibility index (Phi) is 3.78. The first-order valence-electron chi connectivity index (χ1n) is 8.13.